The Morgan fingerprint density at radius 2 is 1.92 bits per heavy atom. The number of alkyl halides is 3. The number of carbonyl (C=O) groups is 1. The van der Waals surface area contributed by atoms with Crippen molar-refractivity contribution in [1.29, 1.82) is 0 Å². The first-order chi connectivity index (χ1) is 12.3. The van der Waals surface area contributed by atoms with Crippen LogP contribution in [0.4, 0.5) is 19.0 Å². The number of nitrogens with zero attached hydrogens (tertiary/aromatic N) is 2. The van der Waals surface area contributed by atoms with Gasteiger partial charge in [-0.3, -0.25) is 9.20 Å². The molecule has 2 aromatic heterocycles. The van der Waals surface area contributed by atoms with Crippen LogP contribution in [-0.2, 0) is 6.18 Å². The van der Waals surface area contributed by atoms with Crippen LogP contribution in [0, 0.1) is 0 Å². The predicted molar refractivity (Wildman–Crippen MR) is 98.7 cm³/mol. The van der Waals surface area contributed by atoms with Crippen LogP contribution in [-0.4, -0.2) is 21.0 Å². The van der Waals surface area contributed by atoms with Gasteiger partial charge >= 0.3 is 6.18 Å². The van der Waals surface area contributed by atoms with E-state index in [9.17, 15) is 18.0 Å². The Morgan fingerprint density at radius 1 is 1.23 bits per heavy atom. The van der Waals surface area contributed by atoms with Gasteiger partial charge in [-0.25, -0.2) is 4.98 Å². The number of carbonyl (C=O) groups excluding carboxylic acids is 1. The van der Waals surface area contributed by atoms with Crippen LogP contribution >= 0.6 is 27.7 Å². The van der Waals surface area contributed by atoms with Gasteiger partial charge in [-0.1, -0.05) is 6.92 Å². The fourth-order valence-corrected chi connectivity index (χ4v) is 3.47. The number of aromatic nitrogens is 2. The Hall–Kier alpha value is -2.00. The number of halogens is 4. The molecule has 1 amide bonds. The lowest BCUT2D eigenvalue weighted by Crippen LogP contribution is -2.13. The number of fused-ring (bicyclic) bond motifs is 1. The van der Waals surface area contributed by atoms with Crippen LogP contribution in [0.15, 0.2) is 52.1 Å². The molecule has 1 aromatic carbocycles. The molecule has 0 radical (unpaired) electrons. The highest BCUT2D eigenvalue weighted by atomic mass is 79.9. The van der Waals surface area contributed by atoms with E-state index in [4.69, 9.17) is 0 Å². The summed E-state index contributed by atoms with van der Waals surface area (Å²) in [4.78, 5) is 16.8. The first-order valence-electron chi connectivity index (χ1n) is 7.58. The highest BCUT2D eigenvalue weighted by Crippen LogP contribution is 2.31. The van der Waals surface area contributed by atoms with Gasteiger partial charge in [0.1, 0.15) is 10.7 Å². The number of hydrogen-bond donors (Lipinski definition) is 1. The molecule has 136 valence electrons. The Kier molecular flexibility index (Phi) is 5.29. The van der Waals surface area contributed by atoms with Gasteiger partial charge in [0.05, 0.1) is 5.56 Å². The smallest absolute Gasteiger partial charge is 0.304 e. The van der Waals surface area contributed by atoms with Crippen LogP contribution in [0.5, 0.6) is 0 Å². The quantitative estimate of drug-likeness (QED) is 0.543. The van der Waals surface area contributed by atoms with Crippen LogP contribution in [0.25, 0.3) is 5.65 Å². The minimum absolute atomic E-state index is 0.128. The molecule has 0 bridgehead atoms. The van der Waals surface area contributed by atoms with Crippen molar-refractivity contribution in [2.45, 2.75) is 18.1 Å². The van der Waals surface area contributed by atoms with Crippen LogP contribution < -0.4 is 5.32 Å². The predicted octanol–water partition coefficient (Wildman–Crippen LogP) is 5.48. The largest absolute Gasteiger partial charge is 0.416 e. The summed E-state index contributed by atoms with van der Waals surface area (Å²) in [5.74, 6) is 0.628. The van der Waals surface area contributed by atoms with E-state index in [0.29, 0.717) is 11.5 Å². The molecule has 0 fully saturated rings. The zero-order valence-corrected chi connectivity index (χ0v) is 15.9. The van der Waals surface area contributed by atoms with Crippen LogP contribution in [0.3, 0.4) is 0 Å². The zero-order chi connectivity index (χ0) is 18.9. The number of hydrogen-bond acceptors (Lipinski definition) is 3. The summed E-state index contributed by atoms with van der Waals surface area (Å²) in [6.45, 7) is 1.98. The first-order valence-corrected chi connectivity index (χ1v) is 9.36. The Morgan fingerprint density at radius 3 is 2.54 bits per heavy atom. The second-order valence-corrected chi connectivity index (χ2v) is 7.47. The van der Waals surface area contributed by atoms with Gasteiger partial charge in [0.15, 0.2) is 5.82 Å². The molecule has 0 aliphatic heterocycles. The average molecular weight is 444 g/mol. The summed E-state index contributed by atoms with van der Waals surface area (Å²) in [7, 11) is 0. The van der Waals surface area contributed by atoms with Crippen molar-refractivity contribution in [1.82, 2.24) is 9.38 Å². The molecule has 0 saturated carbocycles. The maximum Gasteiger partial charge on any atom is 0.416 e. The lowest BCUT2D eigenvalue weighted by Gasteiger charge is -2.08. The maximum absolute atomic E-state index is 12.6. The highest BCUT2D eigenvalue weighted by molar-refractivity contribution is 9.10. The van der Waals surface area contributed by atoms with Crippen molar-refractivity contribution in [2.24, 2.45) is 0 Å². The molecule has 0 aliphatic carbocycles. The molecule has 3 aromatic rings. The molecule has 0 aliphatic rings. The molecule has 2 heterocycles. The molecular formula is C17H13BrF3N3OS. The molecule has 0 unspecified atom stereocenters. The van der Waals surface area contributed by atoms with Gasteiger partial charge in [-0.15, -0.1) is 11.8 Å². The number of pyridine rings is 1. The fraction of sp³-hybridized carbons (Fsp3) is 0.176. The number of thioether (sulfide) groups is 1. The Balaban J connectivity index is 1.90. The van der Waals surface area contributed by atoms with Gasteiger partial charge in [0, 0.05) is 16.2 Å². The highest BCUT2D eigenvalue weighted by Gasteiger charge is 2.30. The molecule has 26 heavy (non-hydrogen) atoms. The molecule has 3 rings (SSSR count). The number of imidazole rings is 1. The summed E-state index contributed by atoms with van der Waals surface area (Å²) in [5.41, 5.74) is -0.00980. The molecule has 0 spiro atoms. The third-order valence-corrected chi connectivity index (χ3v) is 4.95. The van der Waals surface area contributed by atoms with E-state index in [1.807, 2.05) is 23.6 Å². The molecule has 0 saturated heterocycles. The second kappa shape index (κ2) is 7.32. The summed E-state index contributed by atoms with van der Waals surface area (Å²) in [6, 6.07) is 7.71. The van der Waals surface area contributed by atoms with E-state index < -0.39 is 17.6 Å². The van der Waals surface area contributed by atoms with Crippen molar-refractivity contribution in [3.05, 3.63) is 58.2 Å². The number of amides is 1. The fourth-order valence-electron chi connectivity index (χ4n) is 2.34. The molecule has 0 atom stereocenters. The Labute approximate surface area is 159 Å². The zero-order valence-electron chi connectivity index (χ0n) is 13.5. The standard InChI is InChI=1S/C17H13BrF3N3OS/c1-2-26-16-14(22-13-8-7-12(18)9-24(13)16)23-15(25)10-3-5-11(6-4-10)17(19,20)21/h3-9H,2H2,1H3,(H,23,25). The topological polar surface area (TPSA) is 46.4 Å². The summed E-state index contributed by atoms with van der Waals surface area (Å²) in [6.07, 6.45) is -2.59. The summed E-state index contributed by atoms with van der Waals surface area (Å²) in [5, 5.41) is 3.44. The van der Waals surface area contributed by atoms with Crippen molar-refractivity contribution in [2.75, 3.05) is 11.1 Å². The molecule has 1 N–H and O–H groups in total. The first kappa shape index (κ1) is 18.8. The minimum atomic E-state index is -4.44. The normalized spacial score (nSPS) is 11.7. The van der Waals surface area contributed by atoms with E-state index in [0.717, 1.165) is 39.5 Å². The number of nitrogens with one attached hydrogen (secondary N) is 1. The number of anilines is 1. The van der Waals surface area contributed by atoms with Crippen molar-refractivity contribution in [3.63, 3.8) is 0 Å². The van der Waals surface area contributed by atoms with Gasteiger partial charge in [-0.2, -0.15) is 13.2 Å². The number of benzene rings is 1. The van der Waals surface area contributed by atoms with E-state index in [2.05, 4.69) is 26.2 Å². The lowest BCUT2D eigenvalue weighted by molar-refractivity contribution is -0.137. The van der Waals surface area contributed by atoms with Gasteiger partial charge in [-0.05, 0) is 58.1 Å². The second-order valence-electron chi connectivity index (χ2n) is 5.30. The van der Waals surface area contributed by atoms with Gasteiger partial charge < -0.3 is 5.32 Å². The summed E-state index contributed by atoms with van der Waals surface area (Å²) >= 11 is 4.91. The number of rotatable bonds is 4. The third-order valence-electron chi connectivity index (χ3n) is 3.53. The molecular weight excluding hydrogens is 431 g/mol. The van der Waals surface area contributed by atoms with E-state index in [1.165, 1.54) is 11.8 Å². The van der Waals surface area contributed by atoms with Gasteiger partial charge in [0.2, 0.25) is 0 Å². The Bertz CT molecular complexity index is 954. The minimum Gasteiger partial charge on any atom is -0.304 e. The maximum atomic E-state index is 12.6. The molecule has 9 heteroatoms. The van der Waals surface area contributed by atoms with Crippen molar-refractivity contribution in [3.8, 4) is 0 Å². The SMILES string of the molecule is CCSc1c(NC(=O)c2ccc(C(F)(F)F)cc2)nc2ccc(Br)cn12. The summed E-state index contributed by atoms with van der Waals surface area (Å²) < 4.78 is 40.6. The average Bonchev–Trinajstić information content (AvgIpc) is 2.91. The van der Waals surface area contributed by atoms with Crippen LogP contribution in [0.1, 0.15) is 22.8 Å². The van der Waals surface area contributed by atoms with Gasteiger partial charge in [0.25, 0.3) is 5.91 Å². The van der Waals surface area contributed by atoms with Crippen molar-refractivity contribution < 1.29 is 18.0 Å². The molecule has 4 nitrogen and oxygen atoms in total. The van der Waals surface area contributed by atoms with Crippen molar-refractivity contribution >= 4 is 45.1 Å². The third kappa shape index (κ3) is 3.88. The van der Waals surface area contributed by atoms with E-state index in [-0.39, 0.29) is 5.56 Å². The van der Waals surface area contributed by atoms with Crippen LogP contribution in [0.2, 0.25) is 0 Å². The monoisotopic (exact) mass is 443 g/mol. The lowest BCUT2D eigenvalue weighted by atomic mass is 10.1. The van der Waals surface area contributed by atoms with E-state index in [1.54, 1.807) is 6.07 Å². The van der Waals surface area contributed by atoms with E-state index >= 15 is 0 Å².